The maximum Gasteiger partial charge on any atom is 0.240 e. The molecule has 6 nitrogen and oxygen atoms in total. The Morgan fingerprint density at radius 1 is 1.38 bits per heavy atom. The van der Waals surface area contributed by atoms with Crippen LogP contribution in [0.15, 0.2) is 24.3 Å². The molecule has 0 radical (unpaired) electrons. The smallest absolute Gasteiger partial charge is 0.240 e. The molecule has 1 aliphatic heterocycles. The largest absolute Gasteiger partial charge is 0.487 e. The predicted octanol–water partition coefficient (Wildman–Crippen LogP) is 0.353. The summed E-state index contributed by atoms with van der Waals surface area (Å²) < 4.78 is 42.7. The molecule has 0 saturated carbocycles. The van der Waals surface area contributed by atoms with E-state index >= 15 is 0 Å². The van der Waals surface area contributed by atoms with Crippen molar-refractivity contribution in [2.24, 2.45) is 0 Å². The van der Waals surface area contributed by atoms with Gasteiger partial charge in [0, 0.05) is 0 Å². The number of halogens is 1. The van der Waals surface area contributed by atoms with Crippen LogP contribution in [0.1, 0.15) is 6.92 Å². The molecule has 1 aromatic carbocycles. The van der Waals surface area contributed by atoms with Gasteiger partial charge in [0.05, 0.1) is 25.4 Å². The zero-order chi connectivity index (χ0) is 15.6. The van der Waals surface area contributed by atoms with Crippen molar-refractivity contribution in [1.29, 1.82) is 0 Å². The average Bonchev–Trinajstić information content (AvgIpc) is 2.32. The number of hydrogen-bond acceptors (Lipinski definition) is 4. The van der Waals surface area contributed by atoms with Crippen LogP contribution >= 0.6 is 0 Å². The summed E-state index contributed by atoms with van der Waals surface area (Å²) in [5.41, 5.74) is 0. The molecule has 1 amide bonds. The minimum atomic E-state index is -3.42. The summed E-state index contributed by atoms with van der Waals surface area (Å²) in [6.45, 7) is 2.26. The van der Waals surface area contributed by atoms with Crippen LogP contribution in [0.2, 0.25) is 0 Å². The second-order valence-corrected chi connectivity index (χ2v) is 6.83. The van der Waals surface area contributed by atoms with E-state index in [4.69, 9.17) is 4.74 Å². The number of likely N-dealkylation sites (tertiary alicyclic amines) is 1. The van der Waals surface area contributed by atoms with Crippen LogP contribution in [0.3, 0.4) is 0 Å². The van der Waals surface area contributed by atoms with Crippen LogP contribution in [0.5, 0.6) is 5.75 Å². The van der Waals surface area contributed by atoms with Gasteiger partial charge in [-0.3, -0.25) is 4.79 Å². The molecule has 1 aliphatic rings. The Bertz CT molecular complexity index is 612. The summed E-state index contributed by atoms with van der Waals surface area (Å²) in [4.78, 5) is 13.5. The number of amides is 1. The molecule has 8 heteroatoms. The molecule has 0 unspecified atom stereocenters. The topological polar surface area (TPSA) is 75.7 Å². The van der Waals surface area contributed by atoms with E-state index in [0.717, 1.165) is 6.26 Å². The van der Waals surface area contributed by atoms with Gasteiger partial charge in [-0.15, -0.1) is 0 Å². The molecule has 1 atom stereocenters. The number of carbonyl (C=O) groups is 1. The third-order valence-corrected chi connectivity index (χ3v) is 3.82. The maximum atomic E-state index is 12.7. The lowest BCUT2D eigenvalue weighted by molar-refractivity contribution is -0.141. The first-order chi connectivity index (χ1) is 9.74. The highest BCUT2D eigenvalue weighted by Gasteiger charge is 2.35. The predicted molar refractivity (Wildman–Crippen MR) is 74.8 cm³/mol. The lowest BCUT2D eigenvalue weighted by Crippen LogP contribution is -2.60. The van der Waals surface area contributed by atoms with Crippen LogP contribution < -0.4 is 9.46 Å². The number of nitrogens with one attached hydrogen (secondary N) is 1. The molecular weight excluding hydrogens is 299 g/mol. The average molecular weight is 316 g/mol. The zero-order valence-electron chi connectivity index (χ0n) is 11.7. The quantitative estimate of drug-likeness (QED) is 0.851. The zero-order valence-corrected chi connectivity index (χ0v) is 12.6. The molecule has 0 spiro atoms. The molecule has 1 saturated heterocycles. The molecule has 1 N–H and O–H groups in total. The molecule has 1 fully saturated rings. The van der Waals surface area contributed by atoms with Gasteiger partial charge >= 0.3 is 0 Å². The molecule has 116 valence electrons. The first-order valence-electron chi connectivity index (χ1n) is 6.43. The Morgan fingerprint density at radius 3 is 2.48 bits per heavy atom. The van der Waals surface area contributed by atoms with Crippen molar-refractivity contribution in [2.75, 3.05) is 19.3 Å². The van der Waals surface area contributed by atoms with Gasteiger partial charge < -0.3 is 9.64 Å². The summed E-state index contributed by atoms with van der Waals surface area (Å²) in [6.07, 6.45) is 0.845. The van der Waals surface area contributed by atoms with Crippen LogP contribution in [-0.2, 0) is 14.8 Å². The van der Waals surface area contributed by atoms with Crippen molar-refractivity contribution in [3.05, 3.63) is 30.1 Å². The summed E-state index contributed by atoms with van der Waals surface area (Å²) in [5, 5.41) is 0. The monoisotopic (exact) mass is 316 g/mol. The van der Waals surface area contributed by atoms with Gasteiger partial charge in [0.25, 0.3) is 0 Å². The Balaban J connectivity index is 1.80. The van der Waals surface area contributed by atoms with Crippen molar-refractivity contribution < 1.29 is 22.3 Å². The van der Waals surface area contributed by atoms with Crippen molar-refractivity contribution >= 4 is 15.9 Å². The molecule has 21 heavy (non-hydrogen) atoms. The van der Waals surface area contributed by atoms with Gasteiger partial charge in [-0.2, -0.15) is 0 Å². The minimum Gasteiger partial charge on any atom is -0.487 e. The van der Waals surface area contributed by atoms with Crippen LogP contribution in [0.25, 0.3) is 0 Å². The molecule has 1 heterocycles. The fourth-order valence-corrected chi connectivity index (χ4v) is 2.79. The molecule has 2 rings (SSSR count). The lowest BCUT2D eigenvalue weighted by Gasteiger charge is -2.40. The van der Waals surface area contributed by atoms with Crippen LogP contribution in [-0.4, -0.2) is 50.7 Å². The number of rotatable bonds is 5. The first-order valence-corrected chi connectivity index (χ1v) is 8.32. The van der Waals surface area contributed by atoms with E-state index < -0.39 is 16.1 Å². The number of nitrogens with zero attached hydrogens (tertiary/aromatic N) is 1. The van der Waals surface area contributed by atoms with Gasteiger partial charge in [-0.1, -0.05) is 0 Å². The standard InChI is InChI=1S/C13H17FN2O4S/c1-9(15-21(2,18)19)13(17)16-7-12(8-16)20-11-5-3-10(14)4-6-11/h3-6,9,12,15H,7-8H2,1-2H3/t9-/m1/s1. The molecule has 0 aliphatic carbocycles. The minimum absolute atomic E-state index is 0.162. The van der Waals surface area contributed by atoms with E-state index in [-0.39, 0.29) is 17.8 Å². The highest BCUT2D eigenvalue weighted by Crippen LogP contribution is 2.19. The molecule has 1 aromatic rings. The fourth-order valence-electron chi connectivity index (χ4n) is 2.04. The fraction of sp³-hybridized carbons (Fsp3) is 0.462. The van der Waals surface area contributed by atoms with E-state index in [1.807, 2.05) is 0 Å². The normalized spacial score (nSPS) is 17.2. The van der Waals surface area contributed by atoms with E-state index in [1.165, 1.54) is 36.1 Å². The maximum absolute atomic E-state index is 12.7. The van der Waals surface area contributed by atoms with Gasteiger partial charge in [-0.05, 0) is 31.2 Å². The number of hydrogen-bond donors (Lipinski definition) is 1. The van der Waals surface area contributed by atoms with Crippen molar-refractivity contribution in [1.82, 2.24) is 9.62 Å². The molecular formula is C13H17FN2O4S. The number of benzene rings is 1. The highest BCUT2D eigenvalue weighted by molar-refractivity contribution is 7.88. The third-order valence-electron chi connectivity index (χ3n) is 3.04. The highest BCUT2D eigenvalue weighted by atomic mass is 32.2. The van der Waals surface area contributed by atoms with Crippen LogP contribution in [0, 0.1) is 5.82 Å². The summed E-state index contributed by atoms with van der Waals surface area (Å²) in [7, 11) is -3.42. The summed E-state index contributed by atoms with van der Waals surface area (Å²) >= 11 is 0. The Labute approximate surface area is 122 Å². The molecule has 0 aromatic heterocycles. The Morgan fingerprint density at radius 2 is 1.95 bits per heavy atom. The Hall–Kier alpha value is -1.67. The van der Waals surface area contributed by atoms with Gasteiger partial charge in [-0.25, -0.2) is 17.5 Å². The van der Waals surface area contributed by atoms with E-state index in [0.29, 0.717) is 18.8 Å². The Kier molecular flexibility index (Phi) is 4.48. The summed E-state index contributed by atoms with van der Waals surface area (Å²) in [6, 6.07) is 4.84. The van der Waals surface area contributed by atoms with Crippen molar-refractivity contribution in [2.45, 2.75) is 19.1 Å². The number of carbonyl (C=O) groups excluding carboxylic acids is 1. The van der Waals surface area contributed by atoms with Crippen LogP contribution in [0.4, 0.5) is 4.39 Å². The van der Waals surface area contributed by atoms with Gasteiger partial charge in [0.2, 0.25) is 15.9 Å². The molecule has 0 bridgehead atoms. The SMILES string of the molecule is C[C@@H](NS(C)(=O)=O)C(=O)N1CC(Oc2ccc(F)cc2)C1. The summed E-state index contributed by atoms with van der Waals surface area (Å²) in [5.74, 6) is -0.0939. The van der Waals surface area contributed by atoms with Gasteiger partial charge in [0.15, 0.2) is 0 Å². The van der Waals surface area contributed by atoms with Gasteiger partial charge in [0.1, 0.15) is 17.7 Å². The number of sulfonamides is 1. The number of ether oxygens (including phenoxy) is 1. The lowest BCUT2D eigenvalue weighted by atomic mass is 10.1. The van der Waals surface area contributed by atoms with Crippen molar-refractivity contribution in [3.63, 3.8) is 0 Å². The second kappa shape index (κ2) is 5.98. The van der Waals surface area contributed by atoms with E-state index in [1.54, 1.807) is 0 Å². The first kappa shape index (κ1) is 15.7. The van der Waals surface area contributed by atoms with E-state index in [2.05, 4.69) is 4.72 Å². The second-order valence-electron chi connectivity index (χ2n) is 5.05. The van der Waals surface area contributed by atoms with Crippen molar-refractivity contribution in [3.8, 4) is 5.75 Å². The third kappa shape index (κ3) is 4.40. The van der Waals surface area contributed by atoms with E-state index in [9.17, 15) is 17.6 Å².